The van der Waals surface area contributed by atoms with Crippen LogP contribution in [0.2, 0.25) is 0 Å². The Morgan fingerprint density at radius 1 is 1.55 bits per heavy atom. The Bertz CT molecular complexity index is 547. The number of hydrogen-bond donors (Lipinski definition) is 2. The van der Waals surface area contributed by atoms with Crippen molar-refractivity contribution in [3.8, 4) is 5.75 Å². The van der Waals surface area contributed by atoms with Gasteiger partial charge in [0.15, 0.2) is 6.61 Å². The number of rotatable bonds is 7. The molecule has 1 fully saturated rings. The van der Waals surface area contributed by atoms with Crippen LogP contribution >= 0.6 is 0 Å². The highest BCUT2D eigenvalue weighted by molar-refractivity contribution is 5.77. The van der Waals surface area contributed by atoms with Gasteiger partial charge < -0.3 is 15.4 Å². The highest BCUT2D eigenvalue weighted by atomic mass is 19.1. The first-order valence-corrected chi connectivity index (χ1v) is 7.10. The molecule has 1 aromatic carbocycles. The number of nitrogens with one attached hydrogen (secondary N) is 2. The first kappa shape index (κ1) is 16.2. The van der Waals surface area contributed by atoms with E-state index in [9.17, 15) is 19.3 Å². The fourth-order valence-electron chi connectivity index (χ4n) is 2.30. The van der Waals surface area contributed by atoms with Crippen LogP contribution in [0.3, 0.4) is 0 Å². The number of nitro benzene ring substituents is 1. The van der Waals surface area contributed by atoms with Crippen LogP contribution in [0.1, 0.15) is 12.8 Å². The molecule has 1 amide bonds. The number of amides is 1. The van der Waals surface area contributed by atoms with Gasteiger partial charge in [0.2, 0.25) is 5.82 Å². The molecule has 1 aliphatic rings. The molecule has 2 N–H and O–H groups in total. The average Bonchev–Trinajstić information content (AvgIpc) is 2.98. The zero-order valence-electron chi connectivity index (χ0n) is 12.0. The molecule has 0 bridgehead atoms. The SMILES string of the molecule is O=C(COc1ccc([N+](=O)[O-])c(F)c1)NCCC1CCNC1. The van der Waals surface area contributed by atoms with E-state index in [2.05, 4.69) is 10.6 Å². The molecule has 1 aliphatic heterocycles. The van der Waals surface area contributed by atoms with Crippen molar-refractivity contribution in [2.45, 2.75) is 12.8 Å². The first-order chi connectivity index (χ1) is 10.6. The second-order valence-electron chi connectivity index (χ2n) is 5.16. The van der Waals surface area contributed by atoms with Gasteiger partial charge in [-0.25, -0.2) is 0 Å². The Labute approximate surface area is 127 Å². The second kappa shape index (κ2) is 7.69. The summed E-state index contributed by atoms with van der Waals surface area (Å²) in [5.74, 6) is -0.621. The number of ether oxygens (including phenoxy) is 1. The molecule has 1 saturated heterocycles. The van der Waals surface area contributed by atoms with Gasteiger partial charge in [-0.1, -0.05) is 0 Å². The predicted molar refractivity (Wildman–Crippen MR) is 77.2 cm³/mol. The van der Waals surface area contributed by atoms with Gasteiger partial charge in [-0.3, -0.25) is 14.9 Å². The number of hydrogen-bond acceptors (Lipinski definition) is 5. The minimum atomic E-state index is -0.989. The first-order valence-electron chi connectivity index (χ1n) is 7.10. The Hall–Kier alpha value is -2.22. The van der Waals surface area contributed by atoms with Gasteiger partial charge in [0.25, 0.3) is 5.91 Å². The van der Waals surface area contributed by atoms with E-state index in [-0.39, 0.29) is 18.3 Å². The van der Waals surface area contributed by atoms with Crippen LogP contribution in [-0.4, -0.2) is 37.1 Å². The maximum absolute atomic E-state index is 13.4. The Morgan fingerprint density at radius 3 is 3.00 bits per heavy atom. The van der Waals surface area contributed by atoms with Gasteiger partial charge in [-0.05, 0) is 37.9 Å². The van der Waals surface area contributed by atoms with Gasteiger partial charge in [0.1, 0.15) is 5.75 Å². The van der Waals surface area contributed by atoms with Crippen molar-refractivity contribution in [3.63, 3.8) is 0 Å². The van der Waals surface area contributed by atoms with Crippen molar-refractivity contribution in [3.05, 3.63) is 34.1 Å². The number of nitrogens with zero attached hydrogens (tertiary/aromatic N) is 1. The summed E-state index contributed by atoms with van der Waals surface area (Å²) in [4.78, 5) is 21.3. The quantitative estimate of drug-likeness (QED) is 0.583. The number of halogens is 1. The van der Waals surface area contributed by atoms with Crippen molar-refractivity contribution in [2.24, 2.45) is 5.92 Å². The van der Waals surface area contributed by atoms with Crippen LogP contribution in [0, 0.1) is 21.8 Å². The highest BCUT2D eigenvalue weighted by Gasteiger charge is 2.16. The summed E-state index contributed by atoms with van der Waals surface area (Å²) in [6.07, 6.45) is 2.03. The van der Waals surface area contributed by atoms with Gasteiger partial charge in [0, 0.05) is 18.7 Å². The molecule has 0 saturated carbocycles. The van der Waals surface area contributed by atoms with E-state index in [1.54, 1.807) is 0 Å². The van der Waals surface area contributed by atoms with Gasteiger partial charge >= 0.3 is 5.69 Å². The molecule has 8 heteroatoms. The lowest BCUT2D eigenvalue weighted by Crippen LogP contribution is -2.30. The number of nitro groups is 1. The molecule has 0 aromatic heterocycles. The summed E-state index contributed by atoms with van der Waals surface area (Å²) >= 11 is 0. The minimum absolute atomic E-state index is 0.0817. The summed E-state index contributed by atoms with van der Waals surface area (Å²) < 4.78 is 18.5. The summed E-state index contributed by atoms with van der Waals surface area (Å²) in [7, 11) is 0. The van der Waals surface area contributed by atoms with Crippen LogP contribution in [0.15, 0.2) is 18.2 Å². The zero-order valence-corrected chi connectivity index (χ0v) is 12.0. The fourth-order valence-corrected chi connectivity index (χ4v) is 2.30. The largest absolute Gasteiger partial charge is 0.484 e. The maximum atomic E-state index is 13.4. The van der Waals surface area contributed by atoms with E-state index in [1.165, 1.54) is 6.07 Å². The normalized spacial score (nSPS) is 17.2. The lowest BCUT2D eigenvalue weighted by molar-refractivity contribution is -0.387. The molecule has 7 nitrogen and oxygen atoms in total. The van der Waals surface area contributed by atoms with E-state index in [4.69, 9.17) is 4.74 Å². The molecule has 1 heterocycles. The third kappa shape index (κ3) is 4.66. The van der Waals surface area contributed by atoms with Crippen molar-refractivity contribution >= 4 is 11.6 Å². The fraction of sp³-hybridized carbons (Fsp3) is 0.500. The predicted octanol–water partition coefficient (Wildman–Crippen LogP) is 1.23. The van der Waals surface area contributed by atoms with Gasteiger partial charge in [-0.15, -0.1) is 0 Å². The molecule has 1 atom stereocenters. The van der Waals surface area contributed by atoms with Crippen LogP contribution in [0.4, 0.5) is 10.1 Å². The summed E-state index contributed by atoms with van der Waals surface area (Å²) in [6, 6.07) is 3.17. The van der Waals surface area contributed by atoms with Gasteiger partial charge in [0.05, 0.1) is 4.92 Å². The third-order valence-corrected chi connectivity index (χ3v) is 3.52. The third-order valence-electron chi connectivity index (χ3n) is 3.52. The van der Waals surface area contributed by atoms with E-state index < -0.39 is 16.4 Å². The molecule has 0 aliphatic carbocycles. The number of carbonyl (C=O) groups is 1. The topological polar surface area (TPSA) is 93.5 Å². The molecule has 120 valence electrons. The molecule has 1 unspecified atom stereocenters. The Kier molecular flexibility index (Phi) is 5.65. The Balaban J connectivity index is 1.71. The molecule has 0 radical (unpaired) electrons. The average molecular weight is 311 g/mol. The van der Waals surface area contributed by atoms with Crippen molar-refractivity contribution in [1.82, 2.24) is 10.6 Å². The standard InChI is InChI=1S/C14H18FN3O4/c15-12-7-11(1-2-13(12)18(20)21)22-9-14(19)17-6-4-10-3-5-16-8-10/h1-2,7,10,16H,3-6,8-9H2,(H,17,19). The van der Waals surface area contributed by atoms with Crippen molar-refractivity contribution in [1.29, 1.82) is 0 Å². The van der Waals surface area contributed by atoms with Crippen molar-refractivity contribution < 1.29 is 18.8 Å². The number of benzene rings is 1. The highest BCUT2D eigenvalue weighted by Crippen LogP contribution is 2.22. The summed E-state index contributed by atoms with van der Waals surface area (Å²) in [5.41, 5.74) is -0.623. The zero-order chi connectivity index (χ0) is 15.9. The monoisotopic (exact) mass is 311 g/mol. The lowest BCUT2D eigenvalue weighted by atomic mass is 10.1. The summed E-state index contributed by atoms with van der Waals surface area (Å²) in [6.45, 7) is 2.32. The maximum Gasteiger partial charge on any atom is 0.305 e. The van der Waals surface area contributed by atoms with Crippen molar-refractivity contribution in [2.75, 3.05) is 26.2 Å². The Morgan fingerprint density at radius 2 is 2.36 bits per heavy atom. The lowest BCUT2D eigenvalue weighted by Gasteiger charge is -2.10. The smallest absolute Gasteiger partial charge is 0.305 e. The molecule has 2 rings (SSSR count). The number of carbonyl (C=O) groups excluding carboxylic acids is 1. The van der Waals surface area contributed by atoms with E-state index in [0.717, 1.165) is 38.1 Å². The van der Waals surface area contributed by atoms with E-state index in [0.29, 0.717) is 12.5 Å². The minimum Gasteiger partial charge on any atom is -0.484 e. The molecule has 0 spiro atoms. The van der Waals surface area contributed by atoms with Crippen LogP contribution < -0.4 is 15.4 Å². The van der Waals surface area contributed by atoms with Gasteiger partial charge in [-0.2, -0.15) is 4.39 Å². The van der Waals surface area contributed by atoms with E-state index in [1.807, 2.05) is 0 Å². The summed E-state index contributed by atoms with van der Waals surface area (Å²) in [5, 5.41) is 16.5. The molecule has 1 aromatic rings. The molecule has 22 heavy (non-hydrogen) atoms. The van der Waals surface area contributed by atoms with E-state index >= 15 is 0 Å². The van der Waals surface area contributed by atoms with Crippen LogP contribution in [-0.2, 0) is 4.79 Å². The molecular formula is C14H18FN3O4. The van der Waals surface area contributed by atoms with Crippen LogP contribution in [0.5, 0.6) is 5.75 Å². The second-order valence-corrected chi connectivity index (χ2v) is 5.16. The molecular weight excluding hydrogens is 293 g/mol. The van der Waals surface area contributed by atoms with Crippen LogP contribution in [0.25, 0.3) is 0 Å².